The molecule has 3 aromatic carbocycles. The average Bonchev–Trinajstić information content (AvgIpc) is 2.86. The normalized spacial score (nSPS) is 11.5. The van der Waals surface area contributed by atoms with E-state index in [1.807, 2.05) is 79.7 Å². The van der Waals surface area contributed by atoms with Crippen LogP contribution in [0.1, 0.15) is 29.5 Å². The van der Waals surface area contributed by atoms with Crippen molar-refractivity contribution in [3.05, 3.63) is 101 Å². The third-order valence-electron chi connectivity index (χ3n) is 5.64. The van der Waals surface area contributed by atoms with Crippen molar-refractivity contribution < 1.29 is 14.3 Å². The van der Waals surface area contributed by atoms with Gasteiger partial charge in [0.15, 0.2) is 0 Å². The van der Waals surface area contributed by atoms with Crippen LogP contribution in [-0.2, 0) is 22.6 Å². The van der Waals surface area contributed by atoms with E-state index in [1.165, 1.54) is 0 Å². The Balaban J connectivity index is 1.75. The predicted molar refractivity (Wildman–Crippen MR) is 136 cm³/mol. The lowest BCUT2D eigenvalue weighted by Crippen LogP contribution is -2.49. The number of carbonyl (C=O) groups excluding carboxylic acids is 2. The van der Waals surface area contributed by atoms with Gasteiger partial charge in [-0.15, -0.1) is 0 Å². The summed E-state index contributed by atoms with van der Waals surface area (Å²) in [5, 5.41) is 3.29. The zero-order valence-corrected chi connectivity index (χ0v) is 20.4. The van der Waals surface area contributed by atoms with E-state index < -0.39 is 6.04 Å². The maximum absolute atomic E-state index is 13.4. The largest absolute Gasteiger partial charge is 0.494 e. The van der Waals surface area contributed by atoms with Crippen LogP contribution in [0.3, 0.4) is 0 Å². The van der Waals surface area contributed by atoms with Gasteiger partial charge in [-0.3, -0.25) is 9.59 Å². The van der Waals surface area contributed by atoms with E-state index in [0.717, 1.165) is 22.4 Å². The third-order valence-corrected chi connectivity index (χ3v) is 6.01. The minimum Gasteiger partial charge on any atom is -0.494 e. The van der Waals surface area contributed by atoms with Crippen LogP contribution in [-0.4, -0.2) is 36.4 Å². The van der Waals surface area contributed by atoms with Crippen molar-refractivity contribution in [1.29, 1.82) is 0 Å². The van der Waals surface area contributed by atoms with E-state index in [9.17, 15) is 9.59 Å². The Kier molecular flexibility index (Phi) is 9.53. The molecule has 0 fully saturated rings. The van der Waals surface area contributed by atoms with Crippen LogP contribution in [0.25, 0.3) is 0 Å². The van der Waals surface area contributed by atoms with Gasteiger partial charge in [0.1, 0.15) is 11.8 Å². The van der Waals surface area contributed by atoms with Crippen LogP contribution in [0.4, 0.5) is 0 Å². The standard InChI is InChI=1S/C28H31ClN2O3/c1-21-14-16-24(17-15-21)34-18-8-13-27(32)31(20-23-11-6-7-12-25(23)29)26(28(33)30-2)19-22-9-4-3-5-10-22/h3-7,9-12,14-17,26H,8,13,18-20H2,1-2H3,(H,30,33)/t26-/m1/s1. The minimum atomic E-state index is -0.658. The molecule has 0 radical (unpaired) electrons. The molecule has 2 amide bonds. The summed E-state index contributed by atoms with van der Waals surface area (Å²) in [4.78, 5) is 28.0. The average molecular weight is 479 g/mol. The summed E-state index contributed by atoms with van der Waals surface area (Å²) in [5.74, 6) is 0.454. The second-order valence-electron chi connectivity index (χ2n) is 8.20. The number of nitrogens with one attached hydrogen (secondary N) is 1. The Morgan fingerprint density at radius 3 is 2.32 bits per heavy atom. The van der Waals surface area contributed by atoms with Gasteiger partial charge in [-0.2, -0.15) is 0 Å². The molecule has 0 aliphatic rings. The molecule has 0 unspecified atom stereocenters. The quantitative estimate of drug-likeness (QED) is 0.386. The highest BCUT2D eigenvalue weighted by atomic mass is 35.5. The molecule has 0 heterocycles. The molecule has 0 aliphatic heterocycles. The Morgan fingerprint density at radius 1 is 0.971 bits per heavy atom. The Morgan fingerprint density at radius 2 is 1.65 bits per heavy atom. The van der Waals surface area contributed by atoms with E-state index in [-0.39, 0.29) is 24.8 Å². The molecule has 1 N–H and O–H groups in total. The van der Waals surface area contributed by atoms with E-state index in [4.69, 9.17) is 16.3 Å². The monoisotopic (exact) mass is 478 g/mol. The maximum Gasteiger partial charge on any atom is 0.242 e. The summed E-state index contributed by atoms with van der Waals surface area (Å²) in [6.07, 6.45) is 1.21. The molecule has 3 aromatic rings. The number of nitrogens with zero attached hydrogens (tertiary/aromatic N) is 1. The number of carbonyl (C=O) groups is 2. The van der Waals surface area contributed by atoms with Gasteiger partial charge >= 0.3 is 0 Å². The van der Waals surface area contributed by atoms with Crippen molar-refractivity contribution in [2.75, 3.05) is 13.7 Å². The van der Waals surface area contributed by atoms with E-state index >= 15 is 0 Å². The molecular weight excluding hydrogens is 448 g/mol. The van der Waals surface area contributed by atoms with Gasteiger partial charge in [-0.1, -0.05) is 77.8 Å². The molecular formula is C28H31ClN2O3. The maximum atomic E-state index is 13.4. The Labute approximate surface area is 206 Å². The number of benzene rings is 3. The molecule has 0 saturated carbocycles. The number of hydrogen-bond acceptors (Lipinski definition) is 3. The fourth-order valence-corrected chi connectivity index (χ4v) is 3.92. The van der Waals surface area contributed by atoms with Crippen molar-refractivity contribution in [3.63, 3.8) is 0 Å². The summed E-state index contributed by atoms with van der Waals surface area (Å²) in [6.45, 7) is 2.69. The fraction of sp³-hybridized carbons (Fsp3) is 0.286. The molecule has 0 bridgehead atoms. The molecule has 0 aromatic heterocycles. The fourth-order valence-electron chi connectivity index (χ4n) is 3.72. The van der Waals surface area contributed by atoms with Gasteiger partial charge in [0, 0.05) is 31.5 Å². The number of rotatable bonds is 11. The van der Waals surface area contributed by atoms with Gasteiger partial charge in [0.05, 0.1) is 6.61 Å². The van der Waals surface area contributed by atoms with Crippen LogP contribution in [0, 0.1) is 6.92 Å². The molecule has 0 aliphatic carbocycles. The summed E-state index contributed by atoms with van der Waals surface area (Å²) < 4.78 is 5.78. The first-order valence-electron chi connectivity index (χ1n) is 11.5. The summed E-state index contributed by atoms with van der Waals surface area (Å²) in [6, 6.07) is 24.3. The van der Waals surface area contributed by atoms with Gasteiger partial charge in [-0.25, -0.2) is 0 Å². The van der Waals surface area contributed by atoms with Gasteiger partial charge in [0.25, 0.3) is 0 Å². The number of halogens is 1. The molecule has 1 atom stereocenters. The SMILES string of the molecule is CNC(=O)[C@@H](Cc1ccccc1)N(Cc1ccccc1Cl)C(=O)CCCOc1ccc(C)cc1. The lowest BCUT2D eigenvalue weighted by atomic mass is 10.0. The highest BCUT2D eigenvalue weighted by Crippen LogP contribution is 2.21. The first-order valence-corrected chi connectivity index (χ1v) is 11.8. The highest BCUT2D eigenvalue weighted by molar-refractivity contribution is 6.31. The lowest BCUT2D eigenvalue weighted by Gasteiger charge is -2.31. The van der Waals surface area contributed by atoms with Gasteiger partial charge in [0.2, 0.25) is 11.8 Å². The number of ether oxygens (including phenoxy) is 1. The molecule has 178 valence electrons. The second kappa shape index (κ2) is 12.8. The van der Waals surface area contributed by atoms with Gasteiger partial charge < -0.3 is 15.0 Å². The summed E-state index contributed by atoms with van der Waals surface area (Å²) in [5.41, 5.74) is 2.95. The zero-order valence-electron chi connectivity index (χ0n) is 19.7. The third kappa shape index (κ3) is 7.35. The van der Waals surface area contributed by atoms with E-state index in [1.54, 1.807) is 18.0 Å². The molecule has 0 spiro atoms. The number of hydrogen-bond donors (Lipinski definition) is 1. The van der Waals surface area contributed by atoms with Crippen molar-refractivity contribution in [2.45, 2.75) is 38.8 Å². The molecule has 3 rings (SSSR count). The van der Waals surface area contributed by atoms with Crippen molar-refractivity contribution in [1.82, 2.24) is 10.2 Å². The second-order valence-corrected chi connectivity index (χ2v) is 8.61. The number of amides is 2. The number of aryl methyl sites for hydroxylation is 1. The van der Waals surface area contributed by atoms with Crippen LogP contribution < -0.4 is 10.1 Å². The van der Waals surface area contributed by atoms with Crippen LogP contribution >= 0.6 is 11.6 Å². The topological polar surface area (TPSA) is 58.6 Å². The Bertz CT molecular complexity index is 1070. The summed E-state index contributed by atoms with van der Waals surface area (Å²) >= 11 is 6.40. The summed E-state index contributed by atoms with van der Waals surface area (Å²) in [7, 11) is 1.59. The van der Waals surface area contributed by atoms with E-state index in [0.29, 0.717) is 24.5 Å². The van der Waals surface area contributed by atoms with Crippen molar-refractivity contribution in [3.8, 4) is 5.75 Å². The van der Waals surface area contributed by atoms with Crippen LogP contribution in [0.2, 0.25) is 5.02 Å². The molecule has 0 saturated heterocycles. The lowest BCUT2D eigenvalue weighted by molar-refractivity contribution is -0.141. The molecule has 6 heteroatoms. The first-order chi connectivity index (χ1) is 16.5. The predicted octanol–water partition coefficient (Wildman–Crippen LogP) is 5.19. The van der Waals surface area contributed by atoms with Crippen molar-refractivity contribution in [2.24, 2.45) is 0 Å². The minimum absolute atomic E-state index is 0.114. The highest BCUT2D eigenvalue weighted by Gasteiger charge is 2.29. The van der Waals surface area contributed by atoms with Crippen LogP contribution in [0.15, 0.2) is 78.9 Å². The zero-order chi connectivity index (χ0) is 24.3. The number of likely N-dealkylation sites (N-methyl/N-ethyl adjacent to an activating group) is 1. The van der Waals surface area contributed by atoms with E-state index in [2.05, 4.69) is 5.32 Å². The van der Waals surface area contributed by atoms with Gasteiger partial charge in [-0.05, 0) is 42.7 Å². The van der Waals surface area contributed by atoms with Crippen LogP contribution in [0.5, 0.6) is 5.75 Å². The Hall–Kier alpha value is -3.31. The molecule has 5 nitrogen and oxygen atoms in total. The molecule has 34 heavy (non-hydrogen) atoms. The first kappa shape index (κ1) is 25.3. The smallest absolute Gasteiger partial charge is 0.242 e. The van der Waals surface area contributed by atoms with Crippen molar-refractivity contribution >= 4 is 23.4 Å².